The van der Waals surface area contributed by atoms with Crippen LogP contribution in [0.4, 0.5) is 0 Å². The zero-order valence-electron chi connectivity index (χ0n) is 15.1. The van der Waals surface area contributed by atoms with Crippen LogP contribution in [0.25, 0.3) is 0 Å². The van der Waals surface area contributed by atoms with Gasteiger partial charge in [0.15, 0.2) is 5.96 Å². The number of thiophene rings is 1. The van der Waals surface area contributed by atoms with Gasteiger partial charge < -0.3 is 15.1 Å². The van der Waals surface area contributed by atoms with Crippen LogP contribution in [-0.4, -0.2) is 65.4 Å². The maximum atomic E-state index is 12.5. The van der Waals surface area contributed by atoms with Gasteiger partial charge in [-0.05, 0) is 37.3 Å². The molecule has 2 aliphatic rings. The molecule has 0 aromatic carbocycles. The van der Waals surface area contributed by atoms with Crippen molar-refractivity contribution in [1.29, 1.82) is 0 Å². The van der Waals surface area contributed by atoms with Crippen molar-refractivity contribution >= 4 is 58.9 Å². The summed E-state index contributed by atoms with van der Waals surface area (Å²) in [7, 11) is 1.79. The molecule has 1 N–H and O–H groups in total. The van der Waals surface area contributed by atoms with Crippen LogP contribution in [0.1, 0.15) is 24.3 Å². The van der Waals surface area contributed by atoms with Crippen LogP contribution in [0.15, 0.2) is 16.4 Å². The molecule has 5 nitrogen and oxygen atoms in total. The number of aliphatic imine (C=N–C) groups is 1. The summed E-state index contributed by atoms with van der Waals surface area (Å²) in [6, 6.07) is 2.14. The standard InChI is InChI=1S/C17H26N4OS2.HI/c1-17(2)12-21(7-9-24-17)16(18-3)19-10-15(22)20-6-4-14-13(11-20)5-8-23-14;/h5,8H,4,6-7,9-12H2,1-3H3,(H,18,19);1H. The average molecular weight is 494 g/mol. The Balaban J connectivity index is 0.00000225. The molecule has 0 spiro atoms. The second-order valence-electron chi connectivity index (χ2n) is 6.86. The Kier molecular flexibility index (Phi) is 7.45. The fraction of sp³-hybridized carbons (Fsp3) is 0.647. The van der Waals surface area contributed by atoms with Gasteiger partial charge in [0.1, 0.15) is 0 Å². The van der Waals surface area contributed by atoms with Gasteiger partial charge in [0.2, 0.25) is 5.91 Å². The molecule has 0 saturated carbocycles. The molecule has 1 aromatic heterocycles. The number of nitrogens with zero attached hydrogens (tertiary/aromatic N) is 3. The van der Waals surface area contributed by atoms with Crippen molar-refractivity contribution in [2.75, 3.05) is 39.0 Å². The Morgan fingerprint density at radius 3 is 2.88 bits per heavy atom. The summed E-state index contributed by atoms with van der Waals surface area (Å²) in [6.45, 7) is 8.32. The van der Waals surface area contributed by atoms with Crippen molar-refractivity contribution in [2.24, 2.45) is 4.99 Å². The van der Waals surface area contributed by atoms with Gasteiger partial charge in [-0.1, -0.05) is 0 Å². The third-order valence-electron chi connectivity index (χ3n) is 4.50. The molecule has 0 bridgehead atoms. The number of carbonyl (C=O) groups is 1. The Hall–Kier alpha value is -0.480. The minimum atomic E-state index is 0. The van der Waals surface area contributed by atoms with E-state index < -0.39 is 0 Å². The van der Waals surface area contributed by atoms with Crippen LogP contribution in [-0.2, 0) is 17.8 Å². The Labute approximate surface area is 175 Å². The smallest absolute Gasteiger partial charge is 0.242 e. The molecule has 3 rings (SSSR count). The lowest BCUT2D eigenvalue weighted by Gasteiger charge is -2.39. The van der Waals surface area contributed by atoms with Crippen molar-refractivity contribution in [3.63, 3.8) is 0 Å². The molecule has 1 saturated heterocycles. The first kappa shape index (κ1) is 20.8. The topological polar surface area (TPSA) is 47.9 Å². The van der Waals surface area contributed by atoms with Crippen LogP contribution in [0.2, 0.25) is 0 Å². The molecule has 2 aliphatic heterocycles. The zero-order chi connectivity index (χ0) is 17.2. The normalized spacial score (nSPS) is 19.9. The summed E-state index contributed by atoms with van der Waals surface area (Å²) in [5.74, 6) is 2.08. The number of fused-ring (bicyclic) bond motifs is 1. The molecule has 3 heterocycles. The Morgan fingerprint density at radius 2 is 2.16 bits per heavy atom. The van der Waals surface area contributed by atoms with Gasteiger partial charge in [0.05, 0.1) is 6.54 Å². The predicted molar refractivity (Wildman–Crippen MR) is 118 cm³/mol. The molecule has 1 fully saturated rings. The number of guanidine groups is 1. The summed E-state index contributed by atoms with van der Waals surface area (Å²) < 4.78 is 0.224. The minimum Gasteiger partial charge on any atom is -0.347 e. The zero-order valence-corrected chi connectivity index (χ0v) is 19.0. The first-order valence-corrected chi connectivity index (χ1v) is 10.3. The van der Waals surface area contributed by atoms with Crippen LogP contribution in [0, 0.1) is 0 Å². The molecule has 140 valence electrons. The monoisotopic (exact) mass is 494 g/mol. The Bertz CT molecular complexity index is 632. The molecule has 8 heteroatoms. The van der Waals surface area contributed by atoms with E-state index in [9.17, 15) is 4.79 Å². The van der Waals surface area contributed by atoms with Crippen molar-refractivity contribution < 1.29 is 4.79 Å². The molecular formula is C17H27IN4OS2. The largest absolute Gasteiger partial charge is 0.347 e. The number of amides is 1. The van der Waals surface area contributed by atoms with Gasteiger partial charge in [-0.3, -0.25) is 9.79 Å². The number of thioether (sulfide) groups is 1. The summed E-state index contributed by atoms with van der Waals surface area (Å²) >= 11 is 3.79. The number of halogens is 1. The maximum absolute atomic E-state index is 12.5. The van der Waals surface area contributed by atoms with Gasteiger partial charge in [0, 0.05) is 48.6 Å². The van der Waals surface area contributed by atoms with E-state index in [2.05, 4.69) is 40.5 Å². The second-order valence-corrected chi connectivity index (χ2v) is 9.67. The van der Waals surface area contributed by atoms with Gasteiger partial charge >= 0.3 is 0 Å². The average Bonchev–Trinajstić information content (AvgIpc) is 3.02. The van der Waals surface area contributed by atoms with Gasteiger partial charge in [-0.2, -0.15) is 11.8 Å². The van der Waals surface area contributed by atoms with E-state index in [1.807, 2.05) is 16.7 Å². The third-order valence-corrected chi connectivity index (χ3v) is 6.82. The highest BCUT2D eigenvalue weighted by molar-refractivity contribution is 14.0. The van der Waals surface area contributed by atoms with Gasteiger partial charge in [0.25, 0.3) is 0 Å². The predicted octanol–water partition coefficient (Wildman–Crippen LogP) is 2.65. The van der Waals surface area contributed by atoms with Crippen LogP contribution < -0.4 is 5.32 Å². The summed E-state index contributed by atoms with van der Waals surface area (Å²) in [4.78, 5) is 22.6. The van der Waals surface area contributed by atoms with E-state index in [1.54, 1.807) is 18.4 Å². The Morgan fingerprint density at radius 1 is 1.36 bits per heavy atom. The first-order chi connectivity index (χ1) is 11.5. The highest BCUT2D eigenvalue weighted by atomic mass is 127. The fourth-order valence-corrected chi connectivity index (χ4v) is 5.26. The van der Waals surface area contributed by atoms with E-state index in [-0.39, 0.29) is 34.6 Å². The molecule has 0 atom stereocenters. The number of hydrogen-bond acceptors (Lipinski definition) is 4. The summed E-state index contributed by atoms with van der Waals surface area (Å²) in [5.41, 5.74) is 1.30. The SMILES string of the molecule is CN=C(NCC(=O)N1CCc2sccc2C1)N1CCSC(C)(C)C1.I. The van der Waals surface area contributed by atoms with Crippen LogP contribution in [0.5, 0.6) is 0 Å². The number of rotatable bonds is 2. The van der Waals surface area contributed by atoms with E-state index in [0.29, 0.717) is 6.54 Å². The van der Waals surface area contributed by atoms with Crippen molar-refractivity contribution in [3.8, 4) is 0 Å². The van der Waals surface area contributed by atoms with Crippen molar-refractivity contribution in [3.05, 3.63) is 21.9 Å². The number of hydrogen-bond donors (Lipinski definition) is 1. The third kappa shape index (κ3) is 5.26. The van der Waals surface area contributed by atoms with Gasteiger partial charge in [-0.15, -0.1) is 35.3 Å². The second kappa shape index (κ2) is 8.94. The number of carbonyl (C=O) groups excluding carboxylic acids is 1. The van der Waals surface area contributed by atoms with E-state index in [4.69, 9.17) is 0 Å². The highest BCUT2D eigenvalue weighted by Crippen LogP contribution is 2.29. The van der Waals surface area contributed by atoms with Crippen molar-refractivity contribution in [2.45, 2.75) is 31.6 Å². The maximum Gasteiger partial charge on any atom is 0.242 e. The molecule has 1 amide bonds. The molecule has 25 heavy (non-hydrogen) atoms. The number of nitrogens with one attached hydrogen (secondary N) is 1. The molecule has 0 unspecified atom stereocenters. The lowest BCUT2D eigenvalue weighted by Crippen LogP contribution is -2.52. The molecule has 1 aromatic rings. The summed E-state index contributed by atoms with van der Waals surface area (Å²) in [6.07, 6.45) is 0.977. The van der Waals surface area contributed by atoms with E-state index in [0.717, 1.165) is 44.3 Å². The fourth-order valence-electron chi connectivity index (χ4n) is 3.26. The van der Waals surface area contributed by atoms with Crippen molar-refractivity contribution in [1.82, 2.24) is 15.1 Å². The van der Waals surface area contributed by atoms with Crippen LogP contribution >= 0.6 is 47.1 Å². The quantitative estimate of drug-likeness (QED) is 0.390. The minimum absolute atomic E-state index is 0. The lowest BCUT2D eigenvalue weighted by atomic mass is 10.1. The lowest BCUT2D eigenvalue weighted by molar-refractivity contribution is -0.130. The summed E-state index contributed by atoms with van der Waals surface area (Å²) in [5, 5.41) is 5.39. The molecule has 0 radical (unpaired) electrons. The van der Waals surface area contributed by atoms with Crippen LogP contribution in [0.3, 0.4) is 0 Å². The van der Waals surface area contributed by atoms with E-state index in [1.165, 1.54) is 10.4 Å². The first-order valence-electron chi connectivity index (χ1n) is 8.41. The highest BCUT2D eigenvalue weighted by Gasteiger charge is 2.29. The molecular weight excluding hydrogens is 467 g/mol. The molecule has 0 aliphatic carbocycles. The van der Waals surface area contributed by atoms with Gasteiger partial charge in [-0.25, -0.2) is 0 Å². The van der Waals surface area contributed by atoms with E-state index >= 15 is 0 Å².